The third-order valence-corrected chi connectivity index (χ3v) is 3.83. The second-order valence-corrected chi connectivity index (χ2v) is 5.24. The van der Waals surface area contributed by atoms with E-state index in [9.17, 15) is 4.79 Å². The van der Waals surface area contributed by atoms with Gasteiger partial charge in [0.05, 0.1) is 10.9 Å². The number of aromatic nitrogens is 2. The normalized spacial score (nSPS) is 12.9. The third-order valence-electron chi connectivity index (χ3n) is 3.00. The lowest BCUT2D eigenvalue weighted by Gasteiger charge is -2.14. The van der Waals surface area contributed by atoms with Gasteiger partial charge in [-0.2, -0.15) is 17.7 Å². The fourth-order valence-electron chi connectivity index (χ4n) is 1.66. The molecule has 4 nitrogen and oxygen atoms in total. The van der Waals surface area contributed by atoms with E-state index in [1.807, 2.05) is 39.4 Å². The molecule has 0 saturated carbocycles. The van der Waals surface area contributed by atoms with E-state index in [-0.39, 0.29) is 17.1 Å². The summed E-state index contributed by atoms with van der Waals surface area (Å²) < 4.78 is 1.83. The highest BCUT2D eigenvalue weighted by Gasteiger charge is 2.18. The minimum atomic E-state index is -0.257. The van der Waals surface area contributed by atoms with Crippen molar-refractivity contribution in [3.63, 3.8) is 0 Å². The average Bonchev–Trinajstić information content (AvgIpc) is 2.49. The van der Waals surface area contributed by atoms with E-state index in [0.29, 0.717) is 6.54 Å². The van der Waals surface area contributed by atoms with Crippen LogP contribution in [0.15, 0.2) is 0 Å². The predicted octanol–water partition coefficient (Wildman–Crippen LogP) is 1.61. The second kappa shape index (κ2) is 5.58. The Hall–Kier alpha value is -0.970. The molecule has 0 spiro atoms. The Balaban J connectivity index is 2.65. The fourth-order valence-corrected chi connectivity index (χ4v) is 1.75. The first-order valence-corrected chi connectivity index (χ1v) is 6.31. The van der Waals surface area contributed by atoms with Gasteiger partial charge in [-0.15, -0.1) is 0 Å². The van der Waals surface area contributed by atoms with Crippen LogP contribution in [0.4, 0.5) is 0 Å². The van der Waals surface area contributed by atoms with Crippen molar-refractivity contribution in [2.24, 2.45) is 13.0 Å². The summed E-state index contributed by atoms with van der Waals surface area (Å²) in [5, 5.41) is 6.96. The summed E-state index contributed by atoms with van der Waals surface area (Å²) >= 11 is 4.29. The lowest BCUT2D eigenvalue weighted by atomic mass is 10.1. The summed E-state index contributed by atoms with van der Waals surface area (Å²) in [5.41, 5.74) is 3.14. The van der Waals surface area contributed by atoms with Crippen molar-refractivity contribution in [3.05, 3.63) is 17.0 Å². The zero-order valence-electron chi connectivity index (χ0n) is 11.1. The Morgan fingerprint density at radius 1 is 1.47 bits per heavy atom. The van der Waals surface area contributed by atoms with Gasteiger partial charge in [0.25, 0.3) is 0 Å². The third kappa shape index (κ3) is 3.25. The van der Waals surface area contributed by atoms with Gasteiger partial charge in [0.1, 0.15) is 0 Å². The number of carbonyl (C=O) groups excluding carboxylic acids is 1. The number of thiol groups is 1. The van der Waals surface area contributed by atoms with Gasteiger partial charge in [-0.3, -0.25) is 9.48 Å². The Morgan fingerprint density at radius 3 is 2.47 bits per heavy atom. The van der Waals surface area contributed by atoms with Crippen LogP contribution in [-0.4, -0.2) is 20.9 Å². The van der Waals surface area contributed by atoms with Crippen LogP contribution in [0.25, 0.3) is 0 Å². The van der Waals surface area contributed by atoms with E-state index >= 15 is 0 Å². The molecule has 5 heteroatoms. The van der Waals surface area contributed by atoms with Crippen LogP contribution in [-0.2, 0) is 18.4 Å². The number of nitrogens with zero attached hydrogens (tertiary/aromatic N) is 2. The summed E-state index contributed by atoms with van der Waals surface area (Å²) in [7, 11) is 1.91. The van der Waals surface area contributed by atoms with Gasteiger partial charge in [0, 0.05) is 24.8 Å². The van der Waals surface area contributed by atoms with Gasteiger partial charge < -0.3 is 5.32 Å². The van der Waals surface area contributed by atoms with Gasteiger partial charge in [0.15, 0.2) is 0 Å². The molecule has 1 heterocycles. The largest absolute Gasteiger partial charge is 0.351 e. The van der Waals surface area contributed by atoms with E-state index < -0.39 is 0 Å². The SMILES string of the molecule is Cc1nn(C)c(C)c1CNC(=O)C(S)C(C)C. The first-order valence-electron chi connectivity index (χ1n) is 5.79. The highest BCUT2D eigenvalue weighted by molar-refractivity contribution is 7.81. The summed E-state index contributed by atoms with van der Waals surface area (Å²) in [6.45, 7) is 8.45. The molecular weight excluding hydrogens is 234 g/mol. The molecule has 0 aliphatic carbocycles. The first kappa shape index (κ1) is 14.1. The summed E-state index contributed by atoms with van der Waals surface area (Å²) in [6.07, 6.45) is 0. The fraction of sp³-hybridized carbons (Fsp3) is 0.667. The molecule has 1 rings (SSSR count). The number of amides is 1. The number of carbonyl (C=O) groups is 1. The predicted molar refractivity (Wildman–Crippen MR) is 72.1 cm³/mol. The molecule has 1 N–H and O–H groups in total. The summed E-state index contributed by atoms with van der Waals surface area (Å²) in [5.74, 6) is 0.209. The van der Waals surface area contributed by atoms with Crippen LogP contribution < -0.4 is 5.32 Å². The van der Waals surface area contributed by atoms with Gasteiger partial charge in [0.2, 0.25) is 5.91 Å². The van der Waals surface area contributed by atoms with Crippen molar-refractivity contribution < 1.29 is 4.79 Å². The van der Waals surface area contributed by atoms with Crippen LogP contribution in [0, 0.1) is 19.8 Å². The molecule has 1 atom stereocenters. The Kier molecular flexibility index (Phi) is 4.62. The molecule has 1 aromatic heterocycles. The maximum Gasteiger partial charge on any atom is 0.233 e. The maximum atomic E-state index is 11.8. The smallest absolute Gasteiger partial charge is 0.233 e. The number of aryl methyl sites for hydroxylation is 2. The molecule has 17 heavy (non-hydrogen) atoms. The second-order valence-electron chi connectivity index (χ2n) is 4.68. The molecule has 1 amide bonds. The lowest BCUT2D eigenvalue weighted by molar-refractivity contribution is -0.121. The van der Waals surface area contributed by atoms with E-state index in [2.05, 4.69) is 23.0 Å². The van der Waals surface area contributed by atoms with E-state index in [1.54, 1.807) is 0 Å². The monoisotopic (exact) mass is 255 g/mol. The van der Waals surface area contributed by atoms with Crippen molar-refractivity contribution in [3.8, 4) is 0 Å². The Labute approximate surface area is 108 Å². The molecule has 0 bridgehead atoms. The first-order chi connectivity index (χ1) is 7.84. The van der Waals surface area contributed by atoms with E-state index in [0.717, 1.165) is 17.0 Å². The molecule has 0 fully saturated rings. The highest BCUT2D eigenvalue weighted by Crippen LogP contribution is 2.13. The topological polar surface area (TPSA) is 46.9 Å². The highest BCUT2D eigenvalue weighted by atomic mass is 32.1. The minimum Gasteiger partial charge on any atom is -0.351 e. The number of nitrogens with one attached hydrogen (secondary N) is 1. The maximum absolute atomic E-state index is 11.8. The molecule has 0 aliphatic rings. The molecule has 96 valence electrons. The Bertz CT molecular complexity index is 412. The molecule has 0 aliphatic heterocycles. The van der Waals surface area contributed by atoms with Crippen molar-refractivity contribution in [2.75, 3.05) is 0 Å². The van der Waals surface area contributed by atoms with Crippen molar-refractivity contribution in [1.82, 2.24) is 15.1 Å². The molecule has 0 aromatic carbocycles. The van der Waals surface area contributed by atoms with Crippen LogP contribution >= 0.6 is 12.6 Å². The molecule has 1 aromatic rings. The van der Waals surface area contributed by atoms with Gasteiger partial charge >= 0.3 is 0 Å². The van der Waals surface area contributed by atoms with Crippen molar-refractivity contribution >= 4 is 18.5 Å². The molecule has 1 unspecified atom stereocenters. The number of hydrogen-bond donors (Lipinski definition) is 2. The van der Waals surface area contributed by atoms with Gasteiger partial charge in [-0.1, -0.05) is 13.8 Å². The lowest BCUT2D eigenvalue weighted by Crippen LogP contribution is -2.34. The number of rotatable bonds is 4. The van der Waals surface area contributed by atoms with Gasteiger partial charge in [-0.25, -0.2) is 0 Å². The van der Waals surface area contributed by atoms with Crippen molar-refractivity contribution in [2.45, 2.75) is 39.5 Å². The van der Waals surface area contributed by atoms with Crippen LogP contribution in [0.1, 0.15) is 30.8 Å². The van der Waals surface area contributed by atoms with E-state index in [1.165, 1.54) is 0 Å². The van der Waals surface area contributed by atoms with Gasteiger partial charge in [-0.05, 0) is 19.8 Å². The summed E-state index contributed by atoms with van der Waals surface area (Å²) in [4.78, 5) is 11.8. The van der Waals surface area contributed by atoms with Crippen LogP contribution in [0.5, 0.6) is 0 Å². The standard InChI is InChI=1S/C12H21N3OS/c1-7(2)11(17)12(16)13-6-10-8(3)14-15(5)9(10)4/h7,11,17H,6H2,1-5H3,(H,13,16). The van der Waals surface area contributed by atoms with E-state index in [4.69, 9.17) is 0 Å². The zero-order chi connectivity index (χ0) is 13.2. The van der Waals surface area contributed by atoms with Crippen LogP contribution in [0.2, 0.25) is 0 Å². The summed E-state index contributed by atoms with van der Waals surface area (Å²) in [6, 6.07) is 0. The number of hydrogen-bond acceptors (Lipinski definition) is 3. The molecular formula is C12H21N3OS. The minimum absolute atomic E-state index is 0.0222. The molecule has 0 saturated heterocycles. The average molecular weight is 255 g/mol. The molecule has 0 radical (unpaired) electrons. The zero-order valence-corrected chi connectivity index (χ0v) is 12.0. The van der Waals surface area contributed by atoms with Crippen molar-refractivity contribution in [1.29, 1.82) is 0 Å². The Morgan fingerprint density at radius 2 is 2.06 bits per heavy atom. The van der Waals surface area contributed by atoms with Crippen LogP contribution in [0.3, 0.4) is 0 Å². The quantitative estimate of drug-likeness (QED) is 0.803.